The molecule has 0 aliphatic carbocycles. The zero-order valence-electron chi connectivity index (χ0n) is 18.8. The highest BCUT2D eigenvalue weighted by molar-refractivity contribution is 7.90. The molecule has 0 atom stereocenters. The normalized spacial score (nSPS) is 14.8. The highest BCUT2D eigenvalue weighted by atomic mass is 32.2. The van der Waals surface area contributed by atoms with Crippen LogP contribution in [0.15, 0.2) is 53.7 Å². The van der Waals surface area contributed by atoms with Gasteiger partial charge in [0, 0.05) is 37.9 Å². The summed E-state index contributed by atoms with van der Waals surface area (Å²) in [6, 6.07) is 11.8. The molecule has 0 bridgehead atoms. The summed E-state index contributed by atoms with van der Waals surface area (Å²) in [4.78, 5) is 10.6. The van der Waals surface area contributed by atoms with Crippen LogP contribution in [0.3, 0.4) is 0 Å². The monoisotopic (exact) mass is 471 g/mol. The summed E-state index contributed by atoms with van der Waals surface area (Å²) in [5, 5.41) is 0. The Morgan fingerprint density at radius 1 is 1.03 bits per heavy atom. The molecule has 1 aliphatic heterocycles. The lowest BCUT2D eigenvalue weighted by molar-refractivity contribution is 0.161. The number of sulfone groups is 1. The predicted octanol–water partition coefficient (Wildman–Crippen LogP) is 4.48. The Morgan fingerprint density at radius 3 is 2.39 bits per heavy atom. The zero-order valence-corrected chi connectivity index (χ0v) is 19.6. The predicted molar refractivity (Wildman–Crippen MR) is 123 cm³/mol. The third-order valence-electron chi connectivity index (χ3n) is 5.71. The fraction of sp³-hybridized carbons (Fsp3) is 0.333. The van der Waals surface area contributed by atoms with Crippen LogP contribution in [0.2, 0.25) is 0 Å². The lowest BCUT2D eigenvalue weighted by Crippen LogP contribution is -2.38. The van der Waals surface area contributed by atoms with E-state index in [0.717, 1.165) is 38.3 Å². The maximum Gasteiger partial charge on any atom is 0.229 e. The molecule has 1 aromatic heterocycles. The number of ether oxygens (including phenoxy) is 2. The first-order valence-electron chi connectivity index (χ1n) is 10.7. The van der Waals surface area contributed by atoms with Gasteiger partial charge >= 0.3 is 0 Å². The van der Waals surface area contributed by atoms with Gasteiger partial charge in [-0.15, -0.1) is 0 Å². The summed E-state index contributed by atoms with van der Waals surface area (Å²) in [5.74, 6) is -0.366. The number of anilines is 1. The molecule has 7 nitrogen and oxygen atoms in total. The van der Waals surface area contributed by atoms with Crippen molar-refractivity contribution in [3.8, 4) is 17.5 Å². The third-order valence-corrected chi connectivity index (χ3v) is 6.82. The van der Waals surface area contributed by atoms with Crippen molar-refractivity contribution < 1.29 is 22.3 Å². The van der Waals surface area contributed by atoms with Crippen molar-refractivity contribution in [3.63, 3.8) is 0 Å². The number of piperidine rings is 1. The third kappa shape index (κ3) is 5.24. The standard InChI is InChI=1S/C24H26FN3O4S/c1-16-6-4-5-7-21(16)28-12-10-18(11-13-28)31-23-17(2)24(27-15-26-23)32-22-9-8-19(14-20(22)25)33(3,29)30/h4-9,14-15,18H,10-13H2,1-3H3. The summed E-state index contributed by atoms with van der Waals surface area (Å²) in [7, 11) is -3.52. The maximum atomic E-state index is 14.4. The Morgan fingerprint density at radius 2 is 1.73 bits per heavy atom. The van der Waals surface area contributed by atoms with Crippen molar-refractivity contribution in [2.24, 2.45) is 0 Å². The highest BCUT2D eigenvalue weighted by Gasteiger charge is 2.23. The summed E-state index contributed by atoms with van der Waals surface area (Å²) >= 11 is 0. The Hall–Kier alpha value is -3.20. The van der Waals surface area contributed by atoms with Crippen LogP contribution in [0.5, 0.6) is 17.5 Å². The summed E-state index contributed by atoms with van der Waals surface area (Å²) in [6.45, 7) is 5.61. The van der Waals surface area contributed by atoms with Crippen LogP contribution in [0, 0.1) is 19.7 Å². The summed E-state index contributed by atoms with van der Waals surface area (Å²) < 4.78 is 49.4. The van der Waals surface area contributed by atoms with Crippen molar-refractivity contribution >= 4 is 15.5 Å². The Kier molecular flexibility index (Phi) is 6.51. The molecular weight excluding hydrogens is 445 g/mol. The minimum absolute atomic E-state index is 0.00232. The number of para-hydroxylation sites is 1. The van der Waals surface area contributed by atoms with Gasteiger partial charge in [0.25, 0.3) is 0 Å². The molecule has 1 fully saturated rings. The number of aryl methyl sites for hydroxylation is 1. The molecule has 2 heterocycles. The van der Waals surface area contributed by atoms with E-state index >= 15 is 0 Å². The van der Waals surface area contributed by atoms with Gasteiger partial charge in [-0.2, -0.15) is 0 Å². The molecule has 0 unspecified atom stereocenters. The number of hydrogen-bond acceptors (Lipinski definition) is 7. The Labute approximate surface area is 193 Å². The molecule has 1 aliphatic rings. The van der Waals surface area contributed by atoms with Gasteiger partial charge in [0.05, 0.1) is 10.5 Å². The number of hydrogen-bond donors (Lipinski definition) is 0. The quantitative estimate of drug-likeness (QED) is 0.524. The first kappa shape index (κ1) is 23.0. The van der Waals surface area contributed by atoms with E-state index in [4.69, 9.17) is 9.47 Å². The van der Waals surface area contributed by atoms with E-state index in [0.29, 0.717) is 11.4 Å². The number of aromatic nitrogens is 2. The van der Waals surface area contributed by atoms with E-state index in [1.54, 1.807) is 6.92 Å². The van der Waals surface area contributed by atoms with E-state index in [1.165, 1.54) is 29.7 Å². The first-order valence-corrected chi connectivity index (χ1v) is 12.6. The van der Waals surface area contributed by atoms with E-state index in [1.807, 2.05) is 12.1 Å². The number of halogens is 1. The SMILES string of the molecule is Cc1ccccc1N1CCC(Oc2ncnc(Oc3ccc(S(C)(=O)=O)cc3F)c2C)CC1. The lowest BCUT2D eigenvalue weighted by Gasteiger charge is -2.34. The fourth-order valence-corrected chi connectivity index (χ4v) is 4.46. The Balaban J connectivity index is 1.43. The smallest absolute Gasteiger partial charge is 0.229 e. The van der Waals surface area contributed by atoms with Gasteiger partial charge < -0.3 is 14.4 Å². The molecule has 4 rings (SSSR count). The maximum absolute atomic E-state index is 14.4. The molecule has 0 radical (unpaired) electrons. The van der Waals surface area contributed by atoms with Crippen LogP contribution in [0.25, 0.3) is 0 Å². The highest BCUT2D eigenvalue weighted by Crippen LogP contribution is 2.32. The first-order chi connectivity index (χ1) is 15.7. The molecule has 174 valence electrons. The molecule has 0 amide bonds. The summed E-state index contributed by atoms with van der Waals surface area (Å²) in [6.07, 6.45) is 4.01. The number of benzene rings is 2. The van der Waals surface area contributed by atoms with Crippen LogP contribution in [0.4, 0.5) is 10.1 Å². The van der Waals surface area contributed by atoms with Crippen LogP contribution in [-0.2, 0) is 9.84 Å². The number of rotatable bonds is 6. The molecule has 3 aromatic rings. The van der Waals surface area contributed by atoms with Gasteiger partial charge in [-0.25, -0.2) is 22.8 Å². The van der Waals surface area contributed by atoms with Crippen molar-refractivity contribution in [2.75, 3.05) is 24.2 Å². The average molecular weight is 472 g/mol. The molecule has 0 saturated carbocycles. The van der Waals surface area contributed by atoms with E-state index in [9.17, 15) is 12.8 Å². The van der Waals surface area contributed by atoms with Gasteiger partial charge in [-0.1, -0.05) is 18.2 Å². The molecule has 1 saturated heterocycles. The van der Waals surface area contributed by atoms with Crippen molar-refractivity contribution in [1.29, 1.82) is 0 Å². The lowest BCUT2D eigenvalue weighted by atomic mass is 10.1. The van der Waals surface area contributed by atoms with E-state index in [-0.39, 0.29) is 22.6 Å². The fourth-order valence-electron chi connectivity index (χ4n) is 3.83. The molecular formula is C24H26FN3O4S. The zero-order chi connectivity index (χ0) is 23.6. The minimum atomic E-state index is -3.52. The van der Waals surface area contributed by atoms with Crippen molar-refractivity contribution in [3.05, 3.63) is 65.7 Å². The second kappa shape index (κ2) is 9.35. The average Bonchev–Trinajstić information content (AvgIpc) is 2.78. The molecule has 33 heavy (non-hydrogen) atoms. The minimum Gasteiger partial charge on any atom is -0.474 e. The molecule has 2 aromatic carbocycles. The largest absolute Gasteiger partial charge is 0.474 e. The van der Waals surface area contributed by atoms with Gasteiger partial charge in [0.15, 0.2) is 21.4 Å². The molecule has 0 N–H and O–H groups in total. The van der Waals surface area contributed by atoms with Crippen molar-refractivity contribution in [2.45, 2.75) is 37.7 Å². The van der Waals surface area contributed by atoms with Crippen LogP contribution < -0.4 is 14.4 Å². The van der Waals surface area contributed by atoms with Gasteiger partial charge in [0.1, 0.15) is 12.4 Å². The van der Waals surface area contributed by atoms with Crippen LogP contribution in [-0.4, -0.2) is 43.8 Å². The van der Waals surface area contributed by atoms with E-state index < -0.39 is 15.7 Å². The van der Waals surface area contributed by atoms with Crippen LogP contribution >= 0.6 is 0 Å². The second-order valence-corrected chi connectivity index (χ2v) is 10.2. The van der Waals surface area contributed by atoms with Gasteiger partial charge in [-0.3, -0.25) is 0 Å². The van der Waals surface area contributed by atoms with Gasteiger partial charge in [0.2, 0.25) is 11.8 Å². The van der Waals surface area contributed by atoms with Crippen molar-refractivity contribution in [1.82, 2.24) is 9.97 Å². The van der Waals surface area contributed by atoms with Crippen LogP contribution in [0.1, 0.15) is 24.0 Å². The molecule has 0 spiro atoms. The van der Waals surface area contributed by atoms with E-state index in [2.05, 4.69) is 33.9 Å². The van der Waals surface area contributed by atoms with Gasteiger partial charge in [-0.05, 0) is 43.7 Å². The number of nitrogens with zero attached hydrogens (tertiary/aromatic N) is 3. The molecule has 9 heteroatoms. The second-order valence-electron chi connectivity index (χ2n) is 8.17. The topological polar surface area (TPSA) is 81.6 Å². The Bertz CT molecular complexity index is 1260. The summed E-state index contributed by atoms with van der Waals surface area (Å²) in [5.41, 5.74) is 3.04.